The summed E-state index contributed by atoms with van der Waals surface area (Å²) in [4.78, 5) is 6.93. The van der Waals surface area contributed by atoms with E-state index < -0.39 is 0 Å². The minimum atomic E-state index is 0.844. The Bertz CT molecular complexity index is 360. The summed E-state index contributed by atoms with van der Waals surface area (Å²) in [5.41, 5.74) is 1.34. The Morgan fingerprint density at radius 2 is 2.00 bits per heavy atom. The van der Waals surface area contributed by atoms with Crippen molar-refractivity contribution in [2.45, 2.75) is 40.2 Å². The van der Waals surface area contributed by atoms with Crippen molar-refractivity contribution in [1.29, 1.82) is 0 Å². The standard InChI is InChI=1S/C14H25N3/c1-11(2)13-5-7-17(8-6-13)10-14-9-15-12(3)16(14)4/h9,11,13H,5-8,10H2,1-4H3. The topological polar surface area (TPSA) is 21.1 Å². The van der Waals surface area contributed by atoms with Gasteiger partial charge in [-0.25, -0.2) is 4.98 Å². The fourth-order valence-corrected chi connectivity index (χ4v) is 2.70. The van der Waals surface area contributed by atoms with E-state index in [4.69, 9.17) is 0 Å². The second-order valence-electron chi connectivity index (χ2n) is 5.71. The van der Waals surface area contributed by atoms with Gasteiger partial charge in [-0.1, -0.05) is 13.8 Å². The van der Waals surface area contributed by atoms with Crippen LogP contribution in [0.15, 0.2) is 6.20 Å². The number of imidazole rings is 1. The number of nitrogens with zero attached hydrogens (tertiary/aromatic N) is 3. The zero-order chi connectivity index (χ0) is 12.4. The SMILES string of the molecule is Cc1ncc(CN2CCC(C(C)C)CC2)n1C. The normalized spacial score (nSPS) is 19.1. The van der Waals surface area contributed by atoms with Crippen LogP contribution in [0.25, 0.3) is 0 Å². The van der Waals surface area contributed by atoms with Crippen LogP contribution in [0.3, 0.4) is 0 Å². The van der Waals surface area contributed by atoms with Crippen LogP contribution in [-0.2, 0) is 13.6 Å². The largest absolute Gasteiger partial charge is 0.334 e. The number of likely N-dealkylation sites (tertiary alicyclic amines) is 1. The molecule has 1 saturated heterocycles. The molecule has 0 N–H and O–H groups in total. The maximum Gasteiger partial charge on any atom is 0.105 e. The van der Waals surface area contributed by atoms with E-state index in [1.54, 1.807) is 0 Å². The molecule has 0 aliphatic carbocycles. The van der Waals surface area contributed by atoms with Crippen LogP contribution < -0.4 is 0 Å². The molecule has 0 saturated carbocycles. The molecule has 3 nitrogen and oxygen atoms in total. The molecule has 0 spiro atoms. The Labute approximate surface area is 105 Å². The lowest BCUT2D eigenvalue weighted by Gasteiger charge is -2.33. The van der Waals surface area contributed by atoms with E-state index in [0.717, 1.165) is 24.2 Å². The van der Waals surface area contributed by atoms with E-state index in [2.05, 4.69) is 42.3 Å². The minimum Gasteiger partial charge on any atom is -0.334 e. The van der Waals surface area contributed by atoms with E-state index >= 15 is 0 Å². The van der Waals surface area contributed by atoms with Crippen molar-refractivity contribution in [3.8, 4) is 0 Å². The molecule has 1 aromatic heterocycles. The molecule has 0 bridgehead atoms. The predicted octanol–water partition coefficient (Wildman–Crippen LogP) is 2.60. The van der Waals surface area contributed by atoms with Crippen LogP contribution in [0, 0.1) is 18.8 Å². The first kappa shape index (κ1) is 12.6. The maximum atomic E-state index is 4.36. The molecule has 1 aromatic rings. The molecule has 1 aliphatic rings. The van der Waals surface area contributed by atoms with Crippen molar-refractivity contribution in [3.05, 3.63) is 17.7 Å². The first-order valence-corrected chi connectivity index (χ1v) is 6.77. The van der Waals surface area contributed by atoms with Crippen LogP contribution in [0.5, 0.6) is 0 Å². The zero-order valence-electron chi connectivity index (χ0n) is 11.6. The van der Waals surface area contributed by atoms with Crippen molar-refractivity contribution in [3.63, 3.8) is 0 Å². The molecule has 0 aromatic carbocycles. The van der Waals surface area contributed by atoms with Crippen LogP contribution in [-0.4, -0.2) is 27.5 Å². The summed E-state index contributed by atoms with van der Waals surface area (Å²) >= 11 is 0. The number of hydrogen-bond acceptors (Lipinski definition) is 2. The highest BCUT2D eigenvalue weighted by atomic mass is 15.2. The van der Waals surface area contributed by atoms with E-state index in [1.807, 2.05) is 6.20 Å². The van der Waals surface area contributed by atoms with E-state index in [0.29, 0.717) is 0 Å². The van der Waals surface area contributed by atoms with Gasteiger partial charge in [0.1, 0.15) is 5.82 Å². The molecule has 17 heavy (non-hydrogen) atoms. The molecule has 0 atom stereocenters. The van der Waals surface area contributed by atoms with E-state index in [-0.39, 0.29) is 0 Å². The number of aromatic nitrogens is 2. The van der Waals surface area contributed by atoms with Crippen molar-refractivity contribution in [2.24, 2.45) is 18.9 Å². The molecular formula is C14H25N3. The van der Waals surface area contributed by atoms with Gasteiger partial charge in [0.15, 0.2) is 0 Å². The number of piperidine rings is 1. The average Bonchev–Trinajstić information content (AvgIpc) is 2.62. The van der Waals surface area contributed by atoms with Gasteiger partial charge in [-0.05, 0) is 44.7 Å². The lowest BCUT2D eigenvalue weighted by molar-refractivity contribution is 0.149. The third-order valence-electron chi connectivity index (χ3n) is 4.28. The van der Waals surface area contributed by atoms with Crippen molar-refractivity contribution < 1.29 is 0 Å². The monoisotopic (exact) mass is 235 g/mol. The molecular weight excluding hydrogens is 210 g/mol. The molecule has 1 aliphatic heterocycles. The Morgan fingerprint density at radius 3 is 2.47 bits per heavy atom. The third kappa shape index (κ3) is 2.89. The van der Waals surface area contributed by atoms with Crippen molar-refractivity contribution >= 4 is 0 Å². The molecule has 2 rings (SSSR count). The smallest absolute Gasteiger partial charge is 0.105 e. The van der Waals surface area contributed by atoms with Gasteiger partial charge >= 0.3 is 0 Å². The average molecular weight is 235 g/mol. The fourth-order valence-electron chi connectivity index (χ4n) is 2.70. The van der Waals surface area contributed by atoms with E-state index in [1.165, 1.54) is 31.6 Å². The minimum absolute atomic E-state index is 0.844. The summed E-state index contributed by atoms with van der Waals surface area (Å²) in [5, 5.41) is 0. The summed E-state index contributed by atoms with van der Waals surface area (Å²) in [6.45, 7) is 10.3. The lowest BCUT2D eigenvalue weighted by Crippen LogP contribution is -2.35. The van der Waals surface area contributed by atoms with Crippen LogP contribution in [0.4, 0.5) is 0 Å². The van der Waals surface area contributed by atoms with E-state index in [9.17, 15) is 0 Å². The Balaban J connectivity index is 1.88. The maximum absolute atomic E-state index is 4.36. The second-order valence-corrected chi connectivity index (χ2v) is 5.71. The first-order chi connectivity index (χ1) is 8.08. The van der Waals surface area contributed by atoms with Gasteiger partial charge in [-0.3, -0.25) is 4.90 Å². The summed E-state index contributed by atoms with van der Waals surface area (Å²) in [6, 6.07) is 0. The second kappa shape index (κ2) is 5.21. The van der Waals surface area contributed by atoms with Crippen LogP contribution >= 0.6 is 0 Å². The molecule has 0 unspecified atom stereocenters. The quantitative estimate of drug-likeness (QED) is 0.803. The Morgan fingerprint density at radius 1 is 1.35 bits per heavy atom. The molecule has 1 fully saturated rings. The van der Waals surface area contributed by atoms with Crippen molar-refractivity contribution in [2.75, 3.05) is 13.1 Å². The molecule has 2 heterocycles. The highest BCUT2D eigenvalue weighted by molar-refractivity contribution is 5.03. The molecule has 0 amide bonds. The summed E-state index contributed by atoms with van der Waals surface area (Å²) in [5.74, 6) is 2.88. The van der Waals surface area contributed by atoms with Gasteiger partial charge in [0.2, 0.25) is 0 Å². The summed E-state index contributed by atoms with van der Waals surface area (Å²) < 4.78 is 2.20. The van der Waals surface area contributed by atoms with Crippen molar-refractivity contribution in [1.82, 2.24) is 14.5 Å². The molecule has 96 valence electrons. The van der Waals surface area contributed by atoms with Gasteiger partial charge in [0.05, 0.1) is 5.69 Å². The molecule has 3 heteroatoms. The van der Waals surface area contributed by atoms with Gasteiger partial charge in [-0.15, -0.1) is 0 Å². The first-order valence-electron chi connectivity index (χ1n) is 6.77. The highest BCUT2D eigenvalue weighted by Crippen LogP contribution is 2.25. The van der Waals surface area contributed by atoms with Gasteiger partial charge < -0.3 is 4.57 Å². The predicted molar refractivity (Wildman–Crippen MR) is 70.8 cm³/mol. The Hall–Kier alpha value is -0.830. The van der Waals surface area contributed by atoms with Crippen LogP contribution in [0.2, 0.25) is 0 Å². The van der Waals surface area contributed by atoms with Gasteiger partial charge in [0, 0.05) is 19.8 Å². The third-order valence-corrected chi connectivity index (χ3v) is 4.28. The fraction of sp³-hybridized carbons (Fsp3) is 0.786. The van der Waals surface area contributed by atoms with Gasteiger partial charge in [0.25, 0.3) is 0 Å². The molecule has 0 radical (unpaired) electrons. The highest BCUT2D eigenvalue weighted by Gasteiger charge is 2.22. The van der Waals surface area contributed by atoms with Gasteiger partial charge in [-0.2, -0.15) is 0 Å². The number of rotatable bonds is 3. The van der Waals surface area contributed by atoms with Crippen LogP contribution in [0.1, 0.15) is 38.2 Å². The Kier molecular flexibility index (Phi) is 3.87. The summed E-state index contributed by atoms with van der Waals surface area (Å²) in [6.07, 6.45) is 4.73. The summed E-state index contributed by atoms with van der Waals surface area (Å²) in [7, 11) is 2.11. The number of aryl methyl sites for hydroxylation is 1. The lowest BCUT2D eigenvalue weighted by atomic mass is 9.87. The zero-order valence-corrected chi connectivity index (χ0v) is 11.6. The number of hydrogen-bond donors (Lipinski definition) is 0.